The summed E-state index contributed by atoms with van der Waals surface area (Å²) >= 11 is 0. The van der Waals surface area contributed by atoms with Crippen molar-refractivity contribution >= 4 is 0 Å². The first-order chi connectivity index (χ1) is 10.4. The van der Waals surface area contributed by atoms with Crippen LogP contribution in [-0.4, -0.2) is 5.54 Å². The summed E-state index contributed by atoms with van der Waals surface area (Å²) in [5, 5.41) is 2.29. The normalized spacial score (nSPS) is 47.5. The molecule has 0 radical (unpaired) electrons. The van der Waals surface area contributed by atoms with Gasteiger partial charge in [0.1, 0.15) is 0 Å². The van der Waals surface area contributed by atoms with E-state index in [1.165, 1.54) is 31.3 Å². The molecule has 0 aromatic rings. The van der Waals surface area contributed by atoms with Crippen molar-refractivity contribution in [3.8, 4) is 0 Å². The smallest absolute Gasteiger partial charge is 0.0729 e. The minimum Gasteiger partial charge on any atom is -0.474 e. The summed E-state index contributed by atoms with van der Waals surface area (Å²) in [6, 6.07) is 0. The zero-order chi connectivity index (χ0) is 16.1. The van der Waals surface area contributed by atoms with Crippen LogP contribution in [0.1, 0.15) is 60.3 Å². The van der Waals surface area contributed by atoms with E-state index >= 15 is 0 Å². The molecular formula is C21H35N. The molecule has 0 saturated heterocycles. The average molecular weight is 302 g/mol. The Morgan fingerprint density at radius 2 is 2.14 bits per heavy atom. The van der Waals surface area contributed by atoms with Crippen molar-refractivity contribution in [2.24, 2.45) is 35.5 Å². The lowest BCUT2D eigenvalue weighted by Gasteiger charge is -2.59. The molecule has 0 aromatic heterocycles. The highest BCUT2D eigenvalue weighted by atomic mass is 15.0. The van der Waals surface area contributed by atoms with E-state index in [1.54, 1.807) is 5.57 Å². The van der Waals surface area contributed by atoms with Crippen molar-refractivity contribution in [1.29, 1.82) is 0 Å². The second-order valence-corrected chi connectivity index (χ2v) is 8.93. The SMILES string of the molecule is [CH2-][NH2+]C1(C)CCC2C(C)CC(C=C(C)C)C3C(C)=CCC1C23. The third-order valence-corrected chi connectivity index (χ3v) is 7.31. The van der Waals surface area contributed by atoms with E-state index in [9.17, 15) is 0 Å². The molecule has 3 rings (SSSR count). The zero-order valence-electron chi connectivity index (χ0n) is 15.2. The van der Waals surface area contributed by atoms with E-state index in [0.29, 0.717) is 5.54 Å². The van der Waals surface area contributed by atoms with Gasteiger partial charge in [0.25, 0.3) is 0 Å². The van der Waals surface area contributed by atoms with Gasteiger partial charge in [0.15, 0.2) is 0 Å². The molecular weight excluding hydrogens is 266 g/mol. The summed E-state index contributed by atoms with van der Waals surface area (Å²) in [7, 11) is 4.21. The minimum atomic E-state index is 0.350. The fourth-order valence-electron chi connectivity index (χ4n) is 6.18. The lowest BCUT2D eigenvalue weighted by Crippen LogP contribution is -2.94. The number of hydrogen-bond acceptors (Lipinski definition) is 0. The Labute approximate surface area is 137 Å². The molecule has 7 unspecified atom stereocenters. The predicted molar refractivity (Wildman–Crippen MR) is 94.0 cm³/mol. The van der Waals surface area contributed by atoms with E-state index < -0.39 is 0 Å². The van der Waals surface area contributed by atoms with Crippen molar-refractivity contribution in [2.75, 3.05) is 0 Å². The van der Waals surface area contributed by atoms with Crippen LogP contribution in [-0.2, 0) is 0 Å². The van der Waals surface area contributed by atoms with Gasteiger partial charge in [0.2, 0.25) is 0 Å². The standard InChI is InChI=1S/C21H35N/c1-13(2)11-16-12-15(4)17-9-10-21(5,22-6)18-8-7-14(3)19(16)20(17)18/h7,11,15-20H,6,8-10,12,22H2,1-5H3. The molecule has 0 aromatic carbocycles. The fraction of sp³-hybridized carbons (Fsp3) is 0.762. The van der Waals surface area contributed by atoms with Gasteiger partial charge in [0, 0.05) is 12.3 Å². The van der Waals surface area contributed by atoms with E-state index in [2.05, 4.69) is 59.1 Å². The van der Waals surface area contributed by atoms with Gasteiger partial charge in [-0.3, -0.25) is 0 Å². The van der Waals surface area contributed by atoms with E-state index in [4.69, 9.17) is 0 Å². The number of nitrogens with two attached hydrogens (primary N) is 1. The Bertz CT molecular complexity index is 484. The van der Waals surface area contributed by atoms with Gasteiger partial charge in [-0.2, -0.15) is 7.05 Å². The van der Waals surface area contributed by atoms with Crippen LogP contribution < -0.4 is 5.32 Å². The lowest BCUT2D eigenvalue weighted by atomic mass is 9.47. The maximum atomic E-state index is 4.21. The quantitative estimate of drug-likeness (QED) is 0.577. The Morgan fingerprint density at radius 1 is 1.41 bits per heavy atom. The Hall–Kier alpha value is -0.560. The summed E-state index contributed by atoms with van der Waals surface area (Å²) in [6.07, 6.45) is 10.6. The van der Waals surface area contributed by atoms with Crippen molar-refractivity contribution in [3.63, 3.8) is 0 Å². The van der Waals surface area contributed by atoms with Crippen LogP contribution in [0.25, 0.3) is 0 Å². The molecule has 2 saturated carbocycles. The van der Waals surface area contributed by atoms with Gasteiger partial charge in [-0.05, 0) is 76.5 Å². The molecule has 0 spiro atoms. The van der Waals surface area contributed by atoms with Crippen LogP contribution in [0.2, 0.25) is 0 Å². The molecule has 1 nitrogen and oxygen atoms in total. The van der Waals surface area contributed by atoms with E-state index in [0.717, 1.165) is 35.5 Å². The van der Waals surface area contributed by atoms with Crippen LogP contribution in [0.3, 0.4) is 0 Å². The maximum absolute atomic E-state index is 4.21. The molecule has 3 aliphatic rings. The van der Waals surface area contributed by atoms with Crippen molar-refractivity contribution < 1.29 is 5.32 Å². The molecule has 22 heavy (non-hydrogen) atoms. The molecule has 2 N–H and O–H groups in total. The van der Waals surface area contributed by atoms with Gasteiger partial charge < -0.3 is 5.32 Å². The summed E-state index contributed by atoms with van der Waals surface area (Å²) in [5.41, 5.74) is 3.52. The van der Waals surface area contributed by atoms with Crippen molar-refractivity contribution in [2.45, 2.75) is 65.8 Å². The number of rotatable bonds is 2. The largest absolute Gasteiger partial charge is 0.474 e. The third-order valence-electron chi connectivity index (χ3n) is 7.31. The summed E-state index contributed by atoms with van der Waals surface area (Å²) < 4.78 is 0. The first kappa shape index (κ1) is 16.3. The second kappa shape index (κ2) is 5.82. The molecule has 0 aliphatic heterocycles. The molecule has 0 heterocycles. The van der Waals surface area contributed by atoms with Crippen LogP contribution in [0, 0.1) is 42.6 Å². The maximum Gasteiger partial charge on any atom is 0.0729 e. The number of allylic oxidation sites excluding steroid dienone is 4. The Balaban J connectivity index is 2.02. The molecule has 0 amide bonds. The highest BCUT2D eigenvalue weighted by molar-refractivity contribution is 5.22. The van der Waals surface area contributed by atoms with E-state index in [1.807, 2.05) is 0 Å². The summed E-state index contributed by atoms with van der Waals surface area (Å²) in [6.45, 7) is 11.9. The molecule has 2 fully saturated rings. The van der Waals surface area contributed by atoms with Gasteiger partial charge in [-0.15, -0.1) is 0 Å². The van der Waals surface area contributed by atoms with Gasteiger partial charge in [0.05, 0.1) is 5.54 Å². The predicted octanol–water partition coefficient (Wildman–Crippen LogP) is 4.33. The second-order valence-electron chi connectivity index (χ2n) is 8.93. The molecule has 0 bridgehead atoms. The fourth-order valence-corrected chi connectivity index (χ4v) is 6.18. The van der Waals surface area contributed by atoms with Crippen molar-refractivity contribution in [3.05, 3.63) is 30.3 Å². The minimum absolute atomic E-state index is 0.350. The third kappa shape index (κ3) is 2.50. The summed E-state index contributed by atoms with van der Waals surface area (Å²) in [4.78, 5) is 0. The average Bonchev–Trinajstić information content (AvgIpc) is 2.45. The van der Waals surface area contributed by atoms with Gasteiger partial charge in [-0.25, -0.2) is 0 Å². The van der Waals surface area contributed by atoms with Crippen LogP contribution in [0.5, 0.6) is 0 Å². The Morgan fingerprint density at radius 3 is 2.77 bits per heavy atom. The summed E-state index contributed by atoms with van der Waals surface area (Å²) in [5.74, 6) is 5.05. The molecule has 7 atom stereocenters. The number of quaternary nitrogens is 1. The highest BCUT2D eigenvalue weighted by Crippen LogP contribution is 2.58. The van der Waals surface area contributed by atoms with Crippen molar-refractivity contribution in [1.82, 2.24) is 0 Å². The number of hydrogen-bond donors (Lipinski definition) is 1. The highest BCUT2D eigenvalue weighted by Gasteiger charge is 2.55. The van der Waals surface area contributed by atoms with Crippen LogP contribution in [0.4, 0.5) is 0 Å². The Kier molecular flexibility index (Phi) is 4.31. The molecule has 124 valence electrons. The van der Waals surface area contributed by atoms with E-state index in [-0.39, 0.29) is 0 Å². The zero-order valence-corrected chi connectivity index (χ0v) is 15.2. The van der Waals surface area contributed by atoms with Gasteiger partial charge >= 0.3 is 0 Å². The first-order valence-corrected chi connectivity index (χ1v) is 9.32. The van der Waals surface area contributed by atoms with Crippen LogP contribution in [0.15, 0.2) is 23.3 Å². The lowest BCUT2D eigenvalue weighted by molar-refractivity contribution is -0.687. The van der Waals surface area contributed by atoms with Gasteiger partial charge in [-0.1, -0.05) is 30.2 Å². The topological polar surface area (TPSA) is 16.6 Å². The molecule has 1 heteroatoms. The monoisotopic (exact) mass is 301 g/mol. The molecule has 3 aliphatic carbocycles. The first-order valence-electron chi connectivity index (χ1n) is 9.32. The van der Waals surface area contributed by atoms with Crippen LogP contribution >= 0.6 is 0 Å².